The van der Waals surface area contributed by atoms with Gasteiger partial charge in [0.2, 0.25) is 10.0 Å². The molecule has 1 amide bonds. The Morgan fingerprint density at radius 2 is 1.76 bits per heavy atom. The average molecular weight is 422 g/mol. The third-order valence-corrected chi connectivity index (χ3v) is 7.10. The van der Waals surface area contributed by atoms with E-state index in [0.29, 0.717) is 11.8 Å². The Morgan fingerprint density at radius 1 is 1.07 bits per heavy atom. The van der Waals surface area contributed by atoms with Crippen molar-refractivity contribution in [3.63, 3.8) is 0 Å². The molecule has 29 heavy (non-hydrogen) atoms. The van der Waals surface area contributed by atoms with E-state index in [1.807, 2.05) is 12.1 Å². The fraction of sp³-hybridized carbons (Fsp3) is 0.381. The maximum Gasteiger partial charge on any atom is 0.258 e. The van der Waals surface area contributed by atoms with Gasteiger partial charge in [0, 0.05) is 23.7 Å². The molecule has 2 aromatic rings. The second kappa shape index (κ2) is 8.59. The molecule has 0 saturated heterocycles. The number of hydrogen-bond acceptors (Lipinski definition) is 3. The van der Waals surface area contributed by atoms with E-state index in [1.165, 1.54) is 0 Å². The number of carbonyl (C=O) groups excluding carboxylic acids is 1. The van der Waals surface area contributed by atoms with Crippen LogP contribution in [0.3, 0.4) is 0 Å². The van der Waals surface area contributed by atoms with Crippen LogP contribution in [0.4, 0.5) is 14.5 Å². The molecule has 0 spiro atoms. The lowest BCUT2D eigenvalue weighted by Gasteiger charge is -2.23. The van der Waals surface area contributed by atoms with E-state index in [-0.39, 0.29) is 17.5 Å². The molecule has 1 aliphatic rings. The molecule has 1 saturated carbocycles. The van der Waals surface area contributed by atoms with Crippen molar-refractivity contribution in [3.8, 4) is 0 Å². The minimum atomic E-state index is -3.35. The maximum atomic E-state index is 13.8. The summed E-state index contributed by atoms with van der Waals surface area (Å²) in [5, 5.41) is 2.10. The normalized spacial score (nSPS) is 19.5. The van der Waals surface area contributed by atoms with Gasteiger partial charge >= 0.3 is 0 Å². The molecule has 0 aromatic heterocycles. The maximum absolute atomic E-state index is 13.8. The van der Waals surface area contributed by atoms with Crippen LogP contribution < -0.4 is 10.0 Å². The largest absolute Gasteiger partial charge is 0.322 e. The minimum absolute atomic E-state index is 0.0582. The Labute approximate surface area is 169 Å². The number of amides is 1. The SMILES string of the molecule is CC(C)S(=O)(=O)NC1CCCC1c1ccc(NC(=O)c2ccc(F)cc2F)cc1. The smallest absolute Gasteiger partial charge is 0.258 e. The van der Waals surface area contributed by atoms with Gasteiger partial charge in [-0.3, -0.25) is 4.79 Å². The Morgan fingerprint density at radius 3 is 2.38 bits per heavy atom. The summed E-state index contributed by atoms with van der Waals surface area (Å²) in [6, 6.07) is 9.69. The highest BCUT2D eigenvalue weighted by Gasteiger charge is 2.32. The van der Waals surface area contributed by atoms with Crippen LogP contribution in [0, 0.1) is 11.6 Å². The van der Waals surface area contributed by atoms with Crippen LogP contribution in [-0.2, 0) is 10.0 Å². The fourth-order valence-electron chi connectivity index (χ4n) is 3.53. The Bertz CT molecular complexity index is 991. The molecule has 2 atom stereocenters. The van der Waals surface area contributed by atoms with Crippen LogP contribution in [0.1, 0.15) is 54.9 Å². The predicted molar refractivity (Wildman–Crippen MR) is 108 cm³/mol. The number of carbonyl (C=O) groups is 1. The van der Waals surface area contributed by atoms with Gasteiger partial charge < -0.3 is 5.32 Å². The van der Waals surface area contributed by atoms with Crippen LogP contribution in [0.5, 0.6) is 0 Å². The van der Waals surface area contributed by atoms with Crippen molar-refractivity contribution in [2.24, 2.45) is 0 Å². The molecular weight excluding hydrogens is 398 g/mol. The van der Waals surface area contributed by atoms with E-state index in [4.69, 9.17) is 0 Å². The van der Waals surface area contributed by atoms with E-state index in [1.54, 1.807) is 26.0 Å². The third kappa shape index (κ3) is 5.00. The molecule has 0 heterocycles. The molecular formula is C21H24F2N2O3S. The summed E-state index contributed by atoms with van der Waals surface area (Å²) in [5.41, 5.74) is 1.21. The first kappa shape index (κ1) is 21.4. The van der Waals surface area contributed by atoms with Gasteiger partial charge in [-0.15, -0.1) is 0 Å². The standard InChI is InChI=1S/C21H24F2N2O3S/c1-13(2)29(27,28)25-20-5-3-4-17(20)14-6-9-16(10-7-14)24-21(26)18-11-8-15(22)12-19(18)23/h6-13,17,20,25H,3-5H2,1-2H3,(H,24,26). The van der Waals surface area contributed by atoms with E-state index in [2.05, 4.69) is 10.0 Å². The average Bonchev–Trinajstić information content (AvgIpc) is 3.09. The highest BCUT2D eigenvalue weighted by atomic mass is 32.2. The van der Waals surface area contributed by atoms with Gasteiger partial charge in [0.15, 0.2) is 0 Å². The predicted octanol–water partition coefficient (Wildman–Crippen LogP) is 4.18. The van der Waals surface area contributed by atoms with Crippen LogP contribution in [0.25, 0.3) is 0 Å². The highest BCUT2D eigenvalue weighted by Crippen LogP contribution is 2.35. The topological polar surface area (TPSA) is 75.3 Å². The van der Waals surface area contributed by atoms with Crippen molar-refractivity contribution in [1.82, 2.24) is 4.72 Å². The van der Waals surface area contributed by atoms with Crippen molar-refractivity contribution in [3.05, 3.63) is 65.2 Å². The van der Waals surface area contributed by atoms with Crippen molar-refractivity contribution >= 4 is 21.6 Å². The first-order valence-electron chi connectivity index (χ1n) is 9.55. The van der Waals surface area contributed by atoms with Crippen LogP contribution in [0.2, 0.25) is 0 Å². The highest BCUT2D eigenvalue weighted by molar-refractivity contribution is 7.90. The second-order valence-electron chi connectivity index (χ2n) is 7.56. The monoisotopic (exact) mass is 422 g/mol. The summed E-state index contributed by atoms with van der Waals surface area (Å²) in [5.74, 6) is -2.28. The molecule has 0 radical (unpaired) electrons. The van der Waals surface area contributed by atoms with Gasteiger partial charge in [0.05, 0.1) is 10.8 Å². The molecule has 8 heteroatoms. The quantitative estimate of drug-likeness (QED) is 0.733. The molecule has 2 aromatic carbocycles. The second-order valence-corrected chi connectivity index (χ2v) is 9.82. The molecule has 156 valence electrons. The molecule has 2 N–H and O–H groups in total. The van der Waals surface area contributed by atoms with Gasteiger partial charge in [0.1, 0.15) is 11.6 Å². The van der Waals surface area contributed by atoms with Gasteiger partial charge in [-0.1, -0.05) is 18.6 Å². The zero-order valence-electron chi connectivity index (χ0n) is 16.3. The third-order valence-electron chi connectivity index (χ3n) is 5.22. The first-order valence-corrected chi connectivity index (χ1v) is 11.1. The van der Waals surface area contributed by atoms with E-state index in [9.17, 15) is 22.0 Å². The molecule has 2 unspecified atom stereocenters. The number of halogens is 2. The van der Waals surface area contributed by atoms with Crippen molar-refractivity contribution in [2.45, 2.75) is 50.3 Å². The summed E-state index contributed by atoms with van der Waals surface area (Å²) in [6.45, 7) is 3.29. The number of sulfonamides is 1. The first-order chi connectivity index (χ1) is 13.7. The number of rotatable bonds is 6. The molecule has 0 bridgehead atoms. The number of anilines is 1. The zero-order valence-corrected chi connectivity index (χ0v) is 17.1. The van der Waals surface area contributed by atoms with Crippen molar-refractivity contribution in [1.29, 1.82) is 0 Å². The zero-order chi connectivity index (χ0) is 21.2. The van der Waals surface area contributed by atoms with E-state index < -0.39 is 32.8 Å². The van der Waals surface area contributed by atoms with Crippen LogP contribution in [-0.4, -0.2) is 25.6 Å². The lowest BCUT2D eigenvalue weighted by atomic mass is 9.94. The van der Waals surface area contributed by atoms with Crippen molar-refractivity contribution in [2.75, 3.05) is 5.32 Å². The van der Waals surface area contributed by atoms with E-state index in [0.717, 1.165) is 37.0 Å². The molecule has 1 aliphatic carbocycles. The van der Waals surface area contributed by atoms with Crippen LogP contribution >= 0.6 is 0 Å². The lowest BCUT2D eigenvalue weighted by Crippen LogP contribution is -2.40. The van der Waals surface area contributed by atoms with Gasteiger partial charge in [-0.25, -0.2) is 21.9 Å². The Balaban J connectivity index is 1.70. The summed E-state index contributed by atoms with van der Waals surface area (Å²) < 4.78 is 54.0. The number of nitrogens with one attached hydrogen (secondary N) is 2. The fourth-order valence-corrected chi connectivity index (χ4v) is 4.51. The summed E-state index contributed by atoms with van der Waals surface area (Å²) in [6.07, 6.45) is 2.58. The number of benzene rings is 2. The Hall–Kier alpha value is -2.32. The Kier molecular flexibility index (Phi) is 6.33. The van der Waals surface area contributed by atoms with E-state index >= 15 is 0 Å². The summed E-state index contributed by atoms with van der Waals surface area (Å²) in [4.78, 5) is 12.2. The molecule has 5 nitrogen and oxygen atoms in total. The van der Waals surface area contributed by atoms with Gasteiger partial charge in [-0.2, -0.15) is 0 Å². The van der Waals surface area contributed by atoms with Crippen molar-refractivity contribution < 1.29 is 22.0 Å². The van der Waals surface area contributed by atoms with Crippen LogP contribution in [0.15, 0.2) is 42.5 Å². The molecule has 1 fully saturated rings. The molecule has 0 aliphatic heterocycles. The van der Waals surface area contributed by atoms with Gasteiger partial charge in [0.25, 0.3) is 5.91 Å². The number of hydrogen-bond donors (Lipinski definition) is 2. The minimum Gasteiger partial charge on any atom is -0.322 e. The molecule has 3 rings (SSSR count). The lowest BCUT2D eigenvalue weighted by molar-refractivity contribution is 0.102. The summed E-state index contributed by atoms with van der Waals surface area (Å²) in [7, 11) is -3.35. The van der Waals surface area contributed by atoms with Gasteiger partial charge in [-0.05, 0) is 56.5 Å². The summed E-state index contributed by atoms with van der Waals surface area (Å²) >= 11 is 0.